The first-order chi connectivity index (χ1) is 15.4. The van der Waals surface area contributed by atoms with Gasteiger partial charge in [0.2, 0.25) is 0 Å². The van der Waals surface area contributed by atoms with Crippen LogP contribution in [0.3, 0.4) is 0 Å². The summed E-state index contributed by atoms with van der Waals surface area (Å²) in [6.07, 6.45) is 0. The van der Waals surface area contributed by atoms with Crippen LogP contribution in [0.15, 0.2) is 62.1 Å². The van der Waals surface area contributed by atoms with Gasteiger partial charge in [0.15, 0.2) is 0 Å². The van der Waals surface area contributed by atoms with Crippen LogP contribution in [-0.2, 0) is 18.1 Å². The Hall–Kier alpha value is -1.83. The fraction of sp³-hybridized carbons (Fsp3) is 0.333. The van der Waals surface area contributed by atoms with Gasteiger partial charge in [0.1, 0.15) is 11.5 Å². The summed E-state index contributed by atoms with van der Waals surface area (Å²) in [5.41, 5.74) is 1.47. The van der Waals surface area contributed by atoms with E-state index in [1.807, 2.05) is 48.5 Å². The number of nitrogens with one attached hydrogen (secondary N) is 2. The molecule has 1 aliphatic heterocycles. The van der Waals surface area contributed by atoms with Gasteiger partial charge in [0.05, 0.1) is 14.2 Å². The van der Waals surface area contributed by atoms with E-state index in [-0.39, 0.29) is 0 Å². The molecule has 0 aromatic heterocycles. The summed E-state index contributed by atoms with van der Waals surface area (Å²) in [5.74, 6) is 1.45. The van der Waals surface area contributed by atoms with E-state index in [0.717, 1.165) is 22.9 Å². The predicted molar refractivity (Wildman–Crippen MR) is 129 cm³/mol. The van der Waals surface area contributed by atoms with Crippen LogP contribution in [0, 0.1) is 0 Å². The molecule has 2 aromatic carbocycles. The van der Waals surface area contributed by atoms with Crippen molar-refractivity contribution < 1.29 is 27.6 Å². The molecule has 0 aliphatic carbocycles. The maximum absolute atomic E-state index is 5.86. The van der Waals surface area contributed by atoms with Crippen LogP contribution in [0.25, 0.3) is 0 Å². The molecule has 0 radical (unpaired) electrons. The number of hydrogen-bond donors (Lipinski definition) is 2. The van der Waals surface area contributed by atoms with Crippen molar-refractivity contribution in [3.05, 3.63) is 48.5 Å². The second-order valence-corrected chi connectivity index (χ2v) is 13.5. The van der Waals surface area contributed by atoms with E-state index in [1.165, 1.54) is 28.4 Å². The second kappa shape index (κ2) is 10.4. The molecule has 2 N–H and O–H groups in total. The summed E-state index contributed by atoms with van der Waals surface area (Å²) >= 11 is 0. The van der Waals surface area contributed by atoms with Crippen molar-refractivity contribution in [2.24, 2.45) is 13.5 Å². The highest BCUT2D eigenvalue weighted by atomic mass is 31.3. The normalized spacial score (nSPS) is 23.8. The Bertz CT molecular complexity index is 1030. The van der Waals surface area contributed by atoms with Crippen LogP contribution in [0.1, 0.15) is 0 Å². The molecule has 0 amide bonds. The zero-order chi connectivity index (χ0) is 23.2. The third kappa shape index (κ3) is 5.38. The third-order valence-electron chi connectivity index (χ3n) is 4.43. The van der Waals surface area contributed by atoms with Crippen molar-refractivity contribution in [3.8, 4) is 11.5 Å². The summed E-state index contributed by atoms with van der Waals surface area (Å²) in [5, 5.41) is 6.61. The van der Waals surface area contributed by atoms with Gasteiger partial charge in [0.25, 0.3) is 0 Å². The Balaban J connectivity index is 2.13. The van der Waals surface area contributed by atoms with E-state index >= 15 is 0 Å². The smallest absolute Gasteiger partial charge is 0.347 e. The Morgan fingerprint density at radius 2 is 0.938 bits per heavy atom. The Morgan fingerprint density at radius 3 is 1.28 bits per heavy atom. The van der Waals surface area contributed by atoms with Gasteiger partial charge in [0, 0.05) is 39.8 Å². The molecule has 14 heteroatoms. The van der Waals surface area contributed by atoms with E-state index in [9.17, 15) is 0 Å². The van der Waals surface area contributed by atoms with E-state index in [4.69, 9.17) is 41.1 Å². The molecule has 11 nitrogen and oxygen atoms in total. The fourth-order valence-corrected chi connectivity index (χ4v) is 12.3. The molecule has 1 heterocycles. The Morgan fingerprint density at radius 1 is 0.531 bits per heavy atom. The van der Waals surface area contributed by atoms with Crippen LogP contribution >= 0.6 is 22.8 Å². The number of anilines is 2. The first kappa shape index (κ1) is 24.8. The number of benzene rings is 2. The standard InChI is InChI=1S/C18H28N5O6P3/c1-24-17-11-7-15(8-12-17)19-30(26-3)21-31(27-4,23-32(22-30,28-5)29-6)20-16-9-13-18(25-2)14-10-16/h7-14,19-20H,1-6H3/t30-,31-/m1/s1. The highest BCUT2D eigenvalue weighted by Crippen LogP contribution is 2.78. The number of methoxy groups -OCH3 is 2. The van der Waals surface area contributed by atoms with Gasteiger partial charge < -0.3 is 37.7 Å². The van der Waals surface area contributed by atoms with Crippen molar-refractivity contribution in [1.82, 2.24) is 0 Å². The molecular formula is C18H28N5O6P3. The van der Waals surface area contributed by atoms with E-state index in [2.05, 4.69) is 10.2 Å². The van der Waals surface area contributed by atoms with E-state index < -0.39 is 22.8 Å². The molecule has 0 unspecified atom stereocenters. The Labute approximate surface area is 188 Å². The van der Waals surface area contributed by atoms with Gasteiger partial charge in [-0.15, -0.1) is 9.03 Å². The molecular weight excluding hydrogens is 475 g/mol. The second-order valence-electron chi connectivity index (χ2n) is 6.26. The highest BCUT2D eigenvalue weighted by Gasteiger charge is 2.39. The Kier molecular flexibility index (Phi) is 8.06. The summed E-state index contributed by atoms with van der Waals surface area (Å²) in [6.45, 7) is 0. The predicted octanol–water partition coefficient (Wildman–Crippen LogP) is 6.67. The topological polar surface area (TPSA) is 117 Å². The molecule has 2 aromatic rings. The van der Waals surface area contributed by atoms with Crippen molar-refractivity contribution in [2.75, 3.05) is 52.8 Å². The first-order valence-electron chi connectivity index (χ1n) is 9.38. The molecule has 0 spiro atoms. The summed E-state index contributed by atoms with van der Waals surface area (Å²) < 4.78 is 47.8. The molecule has 1 aliphatic rings. The average Bonchev–Trinajstić information content (AvgIpc) is 2.84. The van der Waals surface area contributed by atoms with E-state index in [0.29, 0.717) is 0 Å². The minimum Gasteiger partial charge on any atom is -0.497 e. The zero-order valence-electron chi connectivity index (χ0n) is 18.8. The van der Waals surface area contributed by atoms with Crippen LogP contribution in [0.4, 0.5) is 11.4 Å². The number of rotatable bonds is 10. The highest BCUT2D eigenvalue weighted by molar-refractivity contribution is 7.82. The van der Waals surface area contributed by atoms with Crippen LogP contribution in [0.5, 0.6) is 11.5 Å². The van der Waals surface area contributed by atoms with Crippen molar-refractivity contribution in [2.45, 2.75) is 0 Å². The lowest BCUT2D eigenvalue weighted by Gasteiger charge is -2.33. The number of ether oxygens (including phenoxy) is 2. The fourth-order valence-electron chi connectivity index (χ4n) is 2.74. The monoisotopic (exact) mass is 503 g/mol. The minimum atomic E-state index is -3.10. The van der Waals surface area contributed by atoms with Crippen LogP contribution < -0.4 is 19.6 Å². The summed E-state index contributed by atoms with van der Waals surface area (Å²) in [7, 11) is 0.0349. The summed E-state index contributed by atoms with van der Waals surface area (Å²) in [4.78, 5) is 0. The quantitative estimate of drug-likeness (QED) is 0.346. The van der Waals surface area contributed by atoms with E-state index in [1.54, 1.807) is 14.2 Å². The lowest BCUT2D eigenvalue weighted by molar-refractivity contribution is 0.328. The van der Waals surface area contributed by atoms with Crippen molar-refractivity contribution >= 4 is 34.2 Å². The lowest BCUT2D eigenvalue weighted by atomic mass is 10.3. The molecule has 32 heavy (non-hydrogen) atoms. The van der Waals surface area contributed by atoms with Gasteiger partial charge in [-0.05, 0) is 48.5 Å². The summed E-state index contributed by atoms with van der Waals surface area (Å²) in [6, 6.07) is 14.7. The zero-order valence-corrected chi connectivity index (χ0v) is 21.4. The number of nitrogens with zero attached hydrogens (tertiary/aromatic N) is 3. The molecule has 3 rings (SSSR count). The number of hydrogen-bond acceptors (Lipinski definition) is 11. The molecule has 176 valence electrons. The van der Waals surface area contributed by atoms with Gasteiger partial charge in [-0.2, -0.15) is 4.52 Å². The largest absolute Gasteiger partial charge is 0.497 e. The molecule has 0 saturated heterocycles. The van der Waals surface area contributed by atoms with Gasteiger partial charge in [-0.1, -0.05) is 0 Å². The minimum absolute atomic E-state index is 0.725. The van der Waals surface area contributed by atoms with Gasteiger partial charge >= 0.3 is 22.8 Å². The molecule has 0 saturated carbocycles. The SMILES string of the molecule is COc1ccc(N[P@]2(OC)=NP(OC)(OC)=N[P@](Nc3ccc(OC)cc3)(OC)=N2)cc1. The van der Waals surface area contributed by atoms with Crippen LogP contribution in [0.2, 0.25) is 0 Å². The van der Waals surface area contributed by atoms with Crippen molar-refractivity contribution in [3.63, 3.8) is 0 Å². The third-order valence-corrected chi connectivity index (χ3v) is 13.2. The molecule has 0 fully saturated rings. The van der Waals surface area contributed by atoms with Gasteiger partial charge in [-0.25, -0.2) is 0 Å². The lowest BCUT2D eigenvalue weighted by Crippen LogP contribution is -2.06. The van der Waals surface area contributed by atoms with Gasteiger partial charge in [-0.3, -0.25) is 0 Å². The molecule has 2 atom stereocenters. The first-order valence-corrected chi connectivity index (χ1v) is 14.1. The van der Waals surface area contributed by atoms with Crippen LogP contribution in [-0.4, -0.2) is 42.7 Å². The molecule has 0 bridgehead atoms. The van der Waals surface area contributed by atoms with Crippen molar-refractivity contribution in [1.29, 1.82) is 0 Å². The maximum atomic E-state index is 5.86. The average molecular weight is 503 g/mol. The maximum Gasteiger partial charge on any atom is 0.347 e.